The quantitative estimate of drug-likeness (QED) is 0.714. The first kappa shape index (κ1) is 15.9. The van der Waals surface area contributed by atoms with Crippen LogP contribution in [0.4, 0.5) is 0 Å². The number of hydrogen-bond acceptors (Lipinski definition) is 4. The van der Waals surface area contributed by atoms with Crippen LogP contribution in [0, 0.1) is 0 Å². The summed E-state index contributed by atoms with van der Waals surface area (Å²) < 4.78 is 7.14. The number of para-hydroxylation sites is 1. The van der Waals surface area contributed by atoms with Crippen LogP contribution >= 0.6 is 0 Å². The van der Waals surface area contributed by atoms with Gasteiger partial charge in [0, 0.05) is 45.2 Å². The minimum Gasteiger partial charge on any atom is -0.383 e. The zero-order chi connectivity index (χ0) is 15.1. The van der Waals surface area contributed by atoms with E-state index >= 15 is 0 Å². The number of likely N-dealkylation sites (N-methyl/N-ethyl adjacent to an activating group) is 1. The number of hydrogen-bond donors (Lipinski definition) is 1. The molecule has 21 heavy (non-hydrogen) atoms. The SMILES string of the molecule is CCn1nc(CNCCN(C)CCOC)c2ccccc21. The van der Waals surface area contributed by atoms with Gasteiger partial charge in [-0.3, -0.25) is 4.68 Å². The molecule has 0 aliphatic rings. The summed E-state index contributed by atoms with van der Waals surface area (Å²) >= 11 is 0. The van der Waals surface area contributed by atoms with Crippen LogP contribution < -0.4 is 5.32 Å². The van der Waals surface area contributed by atoms with Crippen molar-refractivity contribution < 1.29 is 4.74 Å². The van der Waals surface area contributed by atoms with E-state index < -0.39 is 0 Å². The van der Waals surface area contributed by atoms with E-state index in [0.29, 0.717) is 0 Å². The van der Waals surface area contributed by atoms with Crippen molar-refractivity contribution in [3.63, 3.8) is 0 Å². The highest BCUT2D eigenvalue weighted by molar-refractivity contribution is 5.81. The van der Waals surface area contributed by atoms with Gasteiger partial charge >= 0.3 is 0 Å². The Morgan fingerprint density at radius 2 is 2.10 bits per heavy atom. The molecule has 0 atom stereocenters. The van der Waals surface area contributed by atoms with Gasteiger partial charge in [-0.25, -0.2) is 0 Å². The summed E-state index contributed by atoms with van der Waals surface area (Å²) in [5, 5.41) is 9.42. The van der Waals surface area contributed by atoms with Gasteiger partial charge in [-0.1, -0.05) is 18.2 Å². The lowest BCUT2D eigenvalue weighted by molar-refractivity contribution is 0.161. The molecule has 5 heteroatoms. The third kappa shape index (κ3) is 4.27. The number of aryl methyl sites for hydroxylation is 1. The van der Waals surface area contributed by atoms with Crippen LogP contribution in [0.2, 0.25) is 0 Å². The fraction of sp³-hybridized carbons (Fsp3) is 0.562. The van der Waals surface area contributed by atoms with Crippen LogP contribution in [0.5, 0.6) is 0 Å². The number of fused-ring (bicyclic) bond motifs is 1. The van der Waals surface area contributed by atoms with E-state index in [9.17, 15) is 0 Å². The van der Waals surface area contributed by atoms with Crippen molar-refractivity contribution in [1.29, 1.82) is 0 Å². The highest BCUT2D eigenvalue weighted by Gasteiger charge is 2.08. The van der Waals surface area contributed by atoms with Gasteiger partial charge in [-0.05, 0) is 20.0 Å². The Morgan fingerprint density at radius 1 is 1.29 bits per heavy atom. The molecule has 1 N–H and O–H groups in total. The minimum absolute atomic E-state index is 0.780. The monoisotopic (exact) mass is 290 g/mol. The van der Waals surface area contributed by atoms with Crippen molar-refractivity contribution >= 4 is 10.9 Å². The lowest BCUT2D eigenvalue weighted by Gasteiger charge is -2.15. The summed E-state index contributed by atoms with van der Waals surface area (Å²) in [5.41, 5.74) is 2.35. The van der Waals surface area contributed by atoms with E-state index in [4.69, 9.17) is 9.84 Å². The molecule has 0 amide bonds. The Hall–Kier alpha value is -1.43. The summed E-state index contributed by atoms with van der Waals surface area (Å²) in [4.78, 5) is 2.26. The van der Waals surface area contributed by atoms with Crippen LogP contribution in [0.3, 0.4) is 0 Å². The molecule has 0 spiro atoms. The van der Waals surface area contributed by atoms with Crippen molar-refractivity contribution in [3.05, 3.63) is 30.0 Å². The van der Waals surface area contributed by atoms with Crippen molar-refractivity contribution in [2.24, 2.45) is 0 Å². The maximum absolute atomic E-state index is 5.08. The van der Waals surface area contributed by atoms with Crippen molar-refractivity contribution in [2.45, 2.75) is 20.0 Å². The van der Waals surface area contributed by atoms with Crippen molar-refractivity contribution in [1.82, 2.24) is 20.0 Å². The molecule has 1 heterocycles. The second kappa shape index (κ2) is 8.12. The average molecular weight is 290 g/mol. The Labute approximate surface area is 126 Å². The number of nitrogens with one attached hydrogen (secondary N) is 1. The van der Waals surface area contributed by atoms with Gasteiger partial charge in [0.2, 0.25) is 0 Å². The number of methoxy groups -OCH3 is 1. The second-order valence-corrected chi connectivity index (χ2v) is 5.25. The first-order chi connectivity index (χ1) is 10.3. The molecule has 0 aliphatic carbocycles. The van der Waals surface area contributed by atoms with E-state index in [1.165, 1.54) is 10.9 Å². The highest BCUT2D eigenvalue weighted by atomic mass is 16.5. The van der Waals surface area contributed by atoms with Crippen LogP contribution in [0.1, 0.15) is 12.6 Å². The zero-order valence-electron chi connectivity index (χ0n) is 13.3. The van der Waals surface area contributed by atoms with E-state index in [1.54, 1.807) is 7.11 Å². The van der Waals surface area contributed by atoms with Crippen molar-refractivity contribution in [3.8, 4) is 0 Å². The lowest BCUT2D eigenvalue weighted by atomic mass is 10.2. The molecule has 1 aromatic heterocycles. The Balaban J connectivity index is 1.86. The van der Waals surface area contributed by atoms with Gasteiger partial charge in [0.05, 0.1) is 17.8 Å². The zero-order valence-corrected chi connectivity index (χ0v) is 13.3. The predicted molar refractivity (Wildman–Crippen MR) is 86.5 cm³/mol. The largest absolute Gasteiger partial charge is 0.383 e. The molecule has 0 radical (unpaired) electrons. The Morgan fingerprint density at radius 3 is 2.86 bits per heavy atom. The van der Waals surface area contributed by atoms with Gasteiger partial charge in [-0.15, -0.1) is 0 Å². The van der Waals surface area contributed by atoms with Gasteiger partial charge in [0.15, 0.2) is 0 Å². The van der Waals surface area contributed by atoms with E-state index in [-0.39, 0.29) is 0 Å². The minimum atomic E-state index is 0.780. The van der Waals surface area contributed by atoms with Crippen LogP contribution in [-0.2, 0) is 17.8 Å². The standard InChI is InChI=1S/C16H26N4O/c1-4-20-16-8-6-5-7-14(16)15(18-20)13-17-9-10-19(2)11-12-21-3/h5-8,17H,4,9-13H2,1-3H3. The molecular weight excluding hydrogens is 264 g/mol. The van der Waals surface area contributed by atoms with Gasteiger partial charge < -0.3 is 15.0 Å². The maximum atomic E-state index is 5.08. The van der Waals surface area contributed by atoms with Gasteiger partial charge in [0.25, 0.3) is 0 Å². The van der Waals surface area contributed by atoms with E-state index in [0.717, 1.165) is 45.0 Å². The summed E-state index contributed by atoms with van der Waals surface area (Å²) in [5.74, 6) is 0. The molecule has 0 fully saturated rings. The molecule has 2 aromatic rings. The molecule has 0 bridgehead atoms. The molecule has 116 valence electrons. The molecule has 1 aromatic carbocycles. The number of ether oxygens (including phenoxy) is 1. The first-order valence-electron chi connectivity index (χ1n) is 7.59. The molecule has 0 aliphatic heterocycles. The second-order valence-electron chi connectivity index (χ2n) is 5.25. The van der Waals surface area contributed by atoms with Gasteiger partial charge in [-0.2, -0.15) is 5.10 Å². The number of rotatable bonds is 9. The first-order valence-corrected chi connectivity index (χ1v) is 7.59. The topological polar surface area (TPSA) is 42.3 Å². The molecule has 0 unspecified atom stereocenters. The third-order valence-electron chi connectivity index (χ3n) is 3.67. The lowest BCUT2D eigenvalue weighted by Crippen LogP contribution is -2.31. The van der Waals surface area contributed by atoms with Crippen LogP contribution in [0.25, 0.3) is 10.9 Å². The fourth-order valence-corrected chi connectivity index (χ4v) is 2.40. The number of nitrogens with zero attached hydrogens (tertiary/aromatic N) is 3. The molecule has 0 saturated carbocycles. The maximum Gasteiger partial charge on any atom is 0.0841 e. The van der Waals surface area contributed by atoms with Crippen LogP contribution in [0.15, 0.2) is 24.3 Å². The fourth-order valence-electron chi connectivity index (χ4n) is 2.40. The summed E-state index contributed by atoms with van der Waals surface area (Å²) in [6, 6.07) is 8.42. The highest BCUT2D eigenvalue weighted by Crippen LogP contribution is 2.17. The normalized spacial score (nSPS) is 11.6. The summed E-state index contributed by atoms with van der Waals surface area (Å²) in [6.07, 6.45) is 0. The van der Waals surface area contributed by atoms with E-state index in [1.807, 2.05) is 0 Å². The Kier molecular flexibility index (Phi) is 6.17. The van der Waals surface area contributed by atoms with E-state index in [2.05, 4.69) is 53.1 Å². The van der Waals surface area contributed by atoms with Crippen LogP contribution in [-0.4, -0.2) is 55.1 Å². The smallest absolute Gasteiger partial charge is 0.0841 e. The molecule has 0 saturated heterocycles. The number of aromatic nitrogens is 2. The Bertz CT molecular complexity index is 552. The predicted octanol–water partition coefficient (Wildman–Crippen LogP) is 1.72. The summed E-state index contributed by atoms with van der Waals surface area (Å²) in [7, 11) is 3.85. The van der Waals surface area contributed by atoms with Crippen molar-refractivity contribution in [2.75, 3.05) is 40.4 Å². The van der Waals surface area contributed by atoms with Gasteiger partial charge in [0.1, 0.15) is 0 Å². The molecule has 5 nitrogen and oxygen atoms in total. The molecule has 2 rings (SSSR count). The third-order valence-corrected chi connectivity index (χ3v) is 3.67. The average Bonchev–Trinajstić information content (AvgIpc) is 2.88. The molecular formula is C16H26N4O. The number of benzene rings is 1. The summed E-state index contributed by atoms with van der Waals surface area (Å²) in [6.45, 7) is 7.55.